The van der Waals surface area contributed by atoms with Crippen molar-refractivity contribution in [1.29, 1.82) is 0 Å². The molecule has 1 aliphatic carbocycles. The Bertz CT molecular complexity index is 1530. The van der Waals surface area contributed by atoms with E-state index in [-0.39, 0.29) is 36.4 Å². The summed E-state index contributed by atoms with van der Waals surface area (Å²) in [7, 11) is 0. The fourth-order valence-electron chi connectivity index (χ4n) is 6.16. The predicted molar refractivity (Wildman–Crippen MR) is 180 cm³/mol. The lowest BCUT2D eigenvalue weighted by Gasteiger charge is -2.28. The van der Waals surface area contributed by atoms with E-state index < -0.39 is 29.9 Å². The molecule has 3 N–H and O–H groups in total. The summed E-state index contributed by atoms with van der Waals surface area (Å²) in [6.07, 6.45) is 7.80. The number of aldehydes is 1. The molecule has 0 saturated heterocycles. The van der Waals surface area contributed by atoms with Gasteiger partial charge < -0.3 is 16.0 Å². The second-order valence-electron chi connectivity index (χ2n) is 12.6. The van der Waals surface area contributed by atoms with Gasteiger partial charge in [0.05, 0.1) is 6.42 Å². The molecule has 46 heavy (non-hydrogen) atoms. The van der Waals surface area contributed by atoms with Crippen molar-refractivity contribution in [3.05, 3.63) is 96.1 Å². The van der Waals surface area contributed by atoms with Crippen molar-refractivity contribution in [2.24, 2.45) is 11.8 Å². The number of hydrogen-bond acceptors (Lipinski definition) is 5. The molecule has 0 unspecified atom stereocenters. The van der Waals surface area contributed by atoms with Gasteiger partial charge in [0, 0.05) is 24.8 Å². The third-order valence-electron chi connectivity index (χ3n) is 8.47. The van der Waals surface area contributed by atoms with Crippen LogP contribution >= 0.6 is 0 Å². The fourth-order valence-corrected chi connectivity index (χ4v) is 6.16. The van der Waals surface area contributed by atoms with E-state index in [1.54, 1.807) is 6.08 Å². The normalized spacial score (nSPS) is 16.9. The Kier molecular flexibility index (Phi) is 12.8. The molecule has 1 fully saturated rings. The highest BCUT2D eigenvalue weighted by molar-refractivity contribution is 5.94. The summed E-state index contributed by atoms with van der Waals surface area (Å²) >= 11 is 0. The Balaban J connectivity index is 1.54. The molecular weight excluding hydrogens is 578 g/mol. The highest BCUT2D eigenvalue weighted by atomic mass is 16.2. The van der Waals surface area contributed by atoms with Crippen molar-refractivity contribution in [1.82, 2.24) is 16.0 Å². The highest BCUT2D eigenvalue weighted by Gasteiger charge is 2.30. The van der Waals surface area contributed by atoms with Crippen molar-refractivity contribution in [3.63, 3.8) is 0 Å². The Morgan fingerprint density at radius 2 is 1.57 bits per heavy atom. The van der Waals surface area contributed by atoms with E-state index in [4.69, 9.17) is 0 Å². The molecule has 4 rings (SSSR count). The number of Topliss-reactive ketones (excluding diaryl/α,β-unsaturated/α-hetero) is 1. The van der Waals surface area contributed by atoms with Crippen molar-refractivity contribution in [2.45, 2.75) is 83.3 Å². The molecule has 3 amide bonds. The SMILES string of the molecule is CC(C)C[C@H](NC(=O)[C@H](Cc1cccc2ccccc12)NC(=O)Cc1ccccc1)C(=O)N[C@H](/C=C/C=O)C[C@@H]1CCCCC1=O. The summed E-state index contributed by atoms with van der Waals surface area (Å²) in [5.74, 6) is -1.09. The van der Waals surface area contributed by atoms with Crippen LogP contribution in [-0.2, 0) is 36.8 Å². The molecule has 3 aromatic rings. The van der Waals surface area contributed by atoms with E-state index in [0.717, 1.165) is 41.2 Å². The van der Waals surface area contributed by atoms with Crippen molar-refractivity contribution in [2.75, 3.05) is 0 Å². The van der Waals surface area contributed by atoms with Gasteiger partial charge in [-0.25, -0.2) is 0 Å². The lowest BCUT2D eigenvalue weighted by molar-refractivity contribution is -0.132. The molecule has 0 aromatic heterocycles. The number of ketones is 1. The Labute approximate surface area is 271 Å². The molecule has 1 saturated carbocycles. The molecule has 0 heterocycles. The minimum absolute atomic E-state index is 0.0733. The molecule has 8 nitrogen and oxygen atoms in total. The van der Waals surface area contributed by atoms with Gasteiger partial charge in [-0.05, 0) is 59.6 Å². The van der Waals surface area contributed by atoms with Crippen LogP contribution < -0.4 is 16.0 Å². The average molecular weight is 624 g/mol. The topological polar surface area (TPSA) is 121 Å². The van der Waals surface area contributed by atoms with Gasteiger partial charge in [-0.15, -0.1) is 0 Å². The first-order chi connectivity index (χ1) is 22.2. The second-order valence-corrected chi connectivity index (χ2v) is 12.6. The second kappa shape index (κ2) is 17.2. The zero-order valence-corrected chi connectivity index (χ0v) is 26.7. The van der Waals surface area contributed by atoms with E-state index >= 15 is 0 Å². The van der Waals surface area contributed by atoms with Gasteiger partial charge in [0.1, 0.15) is 24.2 Å². The average Bonchev–Trinajstić information content (AvgIpc) is 3.04. The zero-order valence-electron chi connectivity index (χ0n) is 26.7. The monoisotopic (exact) mass is 623 g/mol. The molecule has 1 aliphatic rings. The number of allylic oxidation sites excluding steroid dienone is 1. The first-order valence-corrected chi connectivity index (χ1v) is 16.3. The molecule has 242 valence electrons. The highest BCUT2D eigenvalue weighted by Crippen LogP contribution is 2.25. The van der Waals surface area contributed by atoms with Gasteiger partial charge in [-0.3, -0.25) is 24.0 Å². The van der Waals surface area contributed by atoms with Crippen LogP contribution in [0.4, 0.5) is 0 Å². The maximum Gasteiger partial charge on any atom is 0.243 e. The first kappa shape index (κ1) is 34.3. The van der Waals surface area contributed by atoms with E-state index in [0.29, 0.717) is 25.5 Å². The Morgan fingerprint density at radius 3 is 2.30 bits per heavy atom. The van der Waals surface area contributed by atoms with Crippen molar-refractivity contribution < 1.29 is 24.0 Å². The largest absolute Gasteiger partial charge is 0.348 e. The van der Waals surface area contributed by atoms with Crippen LogP contribution in [0.2, 0.25) is 0 Å². The third-order valence-corrected chi connectivity index (χ3v) is 8.47. The number of rotatable bonds is 15. The number of benzene rings is 3. The molecule has 4 atom stereocenters. The lowest BCUT2D eigenvalue weighted by Crippen LogP contribution is -2.56. The van der Waals surface area contributed by atoms with Gasteiger partial charge in [-0.2, -0.15) is 0 Å². The fraction of sp³-hybridized carbons (Fsp3) is 0.395. The van der Waals surface area contributed by atoms with Crippen LogP contribution in [0, 0.1) is 11.8 Å². The van der Waals surface area contributed by atoms with Crippen molar-refractivity contribution in [3.8, 4) is 0 Å². The standard InChI is InChI=1S/C38H45N3O5/c1-26(2)22-33(37(45)39-31(18-11-21-42)24-30-15-7-9-20-35(30)43)41-38(46)34(40-36(44)23-27-12-4-3-5-13-27)25-29-17-10-16-28-14-6-8-19-32(28)29/h3-6,8,10-14,16-19,21,26,30-31,33-34H,7,9,15,20,22-25H2,1-2H3,(H,39,45)(H,40,44)(H,41,46)/b18-11+/t30-,31+,33-,34-/m0/s1. The quantitative estimate of drug-likeness (QED) is 0.162. The minimum atomic E-state index is -0.935. The summed E-state index contributed by atoms with van der Waals surface area (Å²) in [6.45, 7) is 3.93. The van der Waals surface area contributed by atoms with Gasteiger partial charge >= 0.3 is 0 Å². The number of fused-ring (bicyclic) bond motifs is 1. The first-order valence-electron chi connectivity index (χ1n) is 16.3. The number of carbonyl (C=O) groups excluding carboxylic acids is 5. The van der Waals surface area contributed by atoms with Crippen LogP contribution in [0.1, 0.15) is 63.5 Å². The molecular formula is C38H45N3O5. The van der Waals surface area contributed by atoms with Crippen LogP contribution in [0.15, 0.2) is 84.9 Å². The maximum atomic E-state index is 14.0. The number of hydrogen-bond donors (Lipinski definition) is 3. The van der Waals surface area contributed by atoms with Crippen LogP contribution in [0.25, 0.3) is 10.8 Å². The van der Waals surface area contributed by atoms with E-state index in [2.05, 4.69) is 16.0 Å². The summed E-state index contributed by atoms with van der Waals surface area (Å²) in [6, 6.07) is 20.7. The predicted octanol–water partition coefficient (Wildman–Crippen LogP) is 5.03. The molecule has 0 bridgehead atoms. The van der Waals surface area contributed by atoms with E-state index in [9.17, 15) is 24.0 Å². The Hall–Kier alpha value is -4.59. The molecule has 0 radical (unpaired) electrons. The lowest BCUT2D eigenvalue weighted by atomic mass is 9.83. The maximum absolute atomic E-state index is 14.0. The smallest absolute Gasteiger partial charge is 0.243 e. The van der Waals surface area contributed by atoms with Gasteiger partial charge in [0.15, 0.2) is 0 Å². The molecule has 0 spiro atoms. The number of carbonyl (C=O) groups is 5. The van der Waals surface area contributed by atoms with Gasteiger partial charge in [-0.1, -0.05) is 99.1 Å². The Morgan fingerprint density at radius 1 is 0.848 bits per heavy atom. The molecule has 8 heteroatoms. The minimum Gasteiger partial charge on any atom is -0.348 e. The van der Waals surface area contributed by atoms with Crippen molar-refractivity contribution >= 4 is 40.6 Å². The summed E-state index contributed by atoms with van der Waals surface area (Å²) in [4.78, 5) is 64.5. The summed E-state index contributed by atoms with van der Waals surface area (Å²) in [5.41, 5.74) is 1.73. The summed E-state index contributed by atoms with van der Waals surface area (Å²) in [5, 5.41) is 10.9. The number of nitrogens with one attached hydrogen (secondary N) is 3. The van der Waals surface area contributed by atoms with Crippen LogP contribution in [0.3, 0.4) is 0 Å². The molecule has 0 aliphatic heterocycles. The van der Waals surface area contributed by atoms with E-state index in [1.807, 2.05) is 86.6 Å². The van der Waals surface area contributed by atoms with Gasteiger partial charge in [0.2, 0.25) is 17.7 Å². The zero-order chi connectivity index (χ0) is 32.9. The molecule has 3 aromatic carbocycles. The third kappa shape index (κ3) is 10.2. The van der Waals surface area contributed by atoms with Crippen LogP contribution in [0.5, 0.6) is 0 Å². The van der Waals surface area contributed by atoms with Gasteiger partial charge in [0.25, 0.3) is 0 Å². The number of amides is 3. The summed E-state index contributed by atoms with van der Waals surface area (Å²) < 4.78 is 0. The van der Waals surface area contributed by atoms with E-state index in [1.165, 1.54) is 6.08 Å². The van der Waals surface area contributed by atoms with Crippen LogP contribution in [-0.4, -0.2) is 47.9 Å².